The lowest BCUT2D eigenvalue weighted by Crippen LogP contribution is -2.29. The summed E-state index contributed by atoms with van der Waals surface area (Å²) in [5.41, 5.74) is 30.2. The molecule has 0 spiro atoms. The van der Waals surface area contributed by atoms with Crippen molar-refractivity contribution in [2.75, 3.05) is 22.9 Å². The van der Waals surface area contributed by atoms with Gasteiger partial charge in [-0.1, -0.05) is 37.8 Å². The van der Waals surface area contributed by atoms with E-state index in [1.54, 1.807) is 0 Å². The van der Waals surface area contributed by atoms with Crippen LogP contribution in [-0.4, -0.2) is 0 Å². The topological polar surface area (TPSA) is 104 Å². The summed E-state index contributed by atoms with van der Waals surface area (Å²) in [7, 11) is 0. The molecule has 4 heteroatoms. The molecule has 0 amide bonds. The SMILES string of the molecule is Nc1ccc(C2C[C@H]3CC[C@@H]2CC[C@@H]2CC[C@H](CC3)C(c3ccc(N)c(N)c3)C2)cc1N. The van der Waals surface area contributed by atoms with E-state index < -0.39 is 0 Å². The Morgan fingerprint density at radius 2 is 0.844 bits per heavy atom. The number of hydrogen-bond donors (Lipinski definition) is 4. The van der Waals surface area contributed by atoms with Crippen LogP contribution in [-0.2, 0) is 0 Å². The molecule has 2 aromatic rings. The van der Waals surface area contributed by atoms with E-state index in [1.165, 1.54) is 75.3 Å². The summed E-state index contributed by atoms with van der Waals surface area (Å²) in [4.78, 5) is 0. The van der Waals surface area contributed by atoms with Crippen molar-refractivity contribution < 1.29 is 0 Å². The predicted molar refractivity (Wildman–Crippen MR) is 136 cm³/mol. The molecule has 6 fully saturated rings. The lowest BCUT2D eigenvalue weighted by molar-refractivity contribution is 0.145. The van der Waals surface area contributed by atoms with Crippen LogP contribution in [0.2, 0.25) is 0 Å². The van der Waals surface area contributed by atoms with E-state index in [9.17, 15) is 0 Å². The van der Waals surface area contributed by atoms with Crippen molar-refractivity contribution >= 4 is 22.7 Å². The molecule has 32 heavy (non-hydrogen) atoms. The third-order valence-corrected chi connectivity index (χ3v) is 9.17. The second kappa shape index (κ2) is 8.88. The van der Waals surface area contributed by atoms with Crippen molar-refractivity contribution in [3.63, 3.8) is 0 Å². The Morgan fingerprint density at radius 1 is 0.469 bits per heavy atom. The van der Waals surface area contributed by atoms with Crippen LogP contribution in [0.15, 0.2) is 36.4 Å². The molecule has 0 saturated heterocycles. The number of anilines is 4. The summed E-state index contributed by atoms with van der Waals surface area (Å²) in [6.45, 7) is 0. The van der Waals surface area contributed by atoms with Crippen molar-refractivity contribution in [1.29, 1.82) is 0 Å². The first-order chi connectivity index (χ1) is 15.5. The molecule has 8 rings (SSSR count). The molecule has 172 valence electrons. The van der Waals surface area contributed by atoms with Gasteiger partial charge in [-0.05, 0) is 109 Å². The summed E-state index contributed by atoms with van der Waals surface area (Å²) in [6, 6.07) is 12.8. The molecule has 2 atom stereocenters. The molecule has 4 nitrogen and oxygen atoms in total. The minimum absolute atomic E-state index is 0.641. The first-order valence-corrected chi connectivity index (χ1v) is 12.8. The van der Waals surface area contributed by atoms with Gasteiger partial charge in [0.05, 0.1) is 22.7 Å². The van der Waals surface area contributed by atoms with Crippen molar-refractivity contribution in [2.24, 2.45) is 23.7 Å². The summed E-state index contributed by atoms with van der Waals surface area (Å²) in [5, 5.41) is 0. The molecule has 6 aliphatic carbocycles. The van der Waals surface area contributed by atoms with Crippen LogP contribution < -0.4 is 22.9 Å². The van der Waals surface area contributed by atoms with Crippen LogP contribution >= 0.6 is 0 Å². The highest BCUT2D eigenvalue weighted by Crippen LogP contribution is 2.51. The average molecular weight is 433 g/mol. The quantitative estimate of drug-likeness (QED) is 0.419. The molecule has 0 heterocycles. The highest BCUT2D eigenvalue weighted by atomic mass is 14.7. The Kier molecular flexibility index (Phi) is 5.96. The van der Waals surface area contributed by atoms with E-state index in [4.69, 9.17) is 22.9 Å². The summed E-state index contributed by atoms with van der Waals surface area (Å²) in [5.74, 6) is 4.48. The second-order valence-electron chi connectivity index (χ2n) is 11.0. The minimum Gasteiger partial charge on any atom is -0.397 e. The molecule has 2 aromatic carbocycles. The zero-order valence-corrected chi connectivity index (χ0v) is 19.3. The lowest BCUT2D eigenvalue weighted by Gasteiger charge is -2.42. The van der Waals surface area contributed by atoms with Gasteiger partial charge in [0.15, 0.2) is 0 Å². The number of nitrogen functional groups attached to an aromatic ring is 4. The normalized spacial score (nSPS) is 32.9. The van der Waals surface area contributed by atoms with Crippen molar-refractivity contribution in [3.8, 4) is 0 Å². The van der Waals surface area contributed by atoms with Crippen molar-refractivity contribution in [3.05, 3.63) is 47.5 Å². The van der Waals surface area contributed by atoms with Gasteiger partial charge in [0, 0.05) is 0 Å². The van der Waals surface area contributed by atoms with Crippen LogP contribution in [0.25, 0.3) is 0 Å². The van der Waals surface area contributed by atoms with Crippen LogP contribution in [0, 0.1) is 23.7 Å². The average Bonchev–Trinajstić information content (AvgIpc) is 2.79. The summed E-state index contributed by atoms with van der Waals surface area (Å²) < 4.78 is 0. The van der Waals surface area contributed by atoms with Gasteiger partial charge in [-0.2, -0.15) is 0 Å². The predicted octanol–water partition coefficient (Wildman–Crippen LogP) is 6.29. The van der Waals surface area contributed by atoms with E-state index in [2.05, 4.69) is 24.3 Å². The van der Waals surface area contributed by atoms with Crippen LogP contribution in [0.1, 0.15) is 87.2 Å². The fourth-order valence-electron chi connectivity index (χ4n) is 7.22. The van der Waals surface area contributed by atoms with Crippen LogP contribution in [0.5, 0.6) is 0 Å². The van der Waals surface area contributed by atoms with Gasteiger partial charge in [0.25, 0.3) is 0 Å². The van der Waals surface area contributed by atoms with Gasteiger partial charge in [0.1, 0.15) is 0 Å². The first-order valence-electron chi connectivity index (χ1n) is 12.8. The number of benzene rings is 2. The summed E-state index contributed by atoms with van der Waals surface area (Å²) >= 11 is 0. The highest BCUT2D eigenvalue weighted by Gasteiger charge is 2.37. The van der Waals surface area contributed by atoms with E-state index >= 15 is 0 Å². The zero-order chi connectivity index (χ0) is 22.2. The van der Waals surface area contributed by atoms with Gasteiger partial charge in [-0.25, -0.2) is 0 Å². The van der Waals surface area contributed by atoms with E-state index in [0.29, 0.717) is 23.2 Å². The molecule has 0 aliphatic heterocycles. The standard InChI is InChI=1S/C28H40N4/c29-25-11-9-21(15-27(25)31)23-13-17-1-5-19(23)8-4-18-2-6-20(7-3-17)24(14-18)22-10-12-26(30)28(32)16-22/h9-12,15-20,23-24H,1-8,13-14,29-32H2/t17-,18-,19+,20+,23?,24?/m0/s1. The van der Waals surface area contributed by atoms with Crippen molar-refractivity contribution in [2.45, 2.75) is 76.0 Å². The van der Waals surface area contributed by atoms with Gasteiger partial charge < -0.3 is 22.9 Å². The third kappa shape index (κ3) is 4.29. The van der Waals surface area contributed by atoms with Crippen LogP contribution in [0.4, 0.5) is 22.7 Å². The number of rotatable bonds is 2. The Hall–Kier alpha value is -2.36. The highest BCUT2D eigenvalue weighted by molar-refractivity contribution is 5.65. The largest absolute Gasteiger partial charge is 0.397 e. The van der Waals surface area contributed by atoms with E-state index in [0.717, 1.165) is 35.0 Å². The Balaban J connectivity index is 1.38. The number of hydrogen-bond acceptors (Lipinski definition) is 4. The van der Waals surface area contributed by atoms with Gasteiger partial charge in [0.2, 0.25) is 0 Å². The van der Waals surface area contributed by atoms with Gasteiger partial charge in [-0.15, -0.1) is 0 Å². The molecular formula is C28H40N4. The molecule has 4 bridgehead atoms. The lowest BCUT2D eigenvalue weighted by atomic mass is 9.63. The molecule has 6 saturated carbocycles. The summed E-state index contributed by atoms with van der Waals surface area (Å²) in [6.07, 6.45) is 13.5. The fourth-order valence-corrected chi connectivity index (χ4v) is 7.22. The smallest absolute Gasteiger partial charge is 0.0550 e. The van der Waals surface area contributed by atoms with Crippen molar-refractivity contribution in [1.82, 2.24) is 0 Å². The minimum atomic E-state index is 0.641. The van der Waals surface area contributed by atoms with Gasteiger partial charge >= 0.3 is 0 Å². The maximum Gasteiger partial charge on any atom is 0.0550 e. The molecular weight excluding hydrogens is 392 g/mol. The van der Waals surface area contributed by atoms with E-state index in [-0.39, 0.29) is 0 Å². The zero-order valence-electron chi connectivity index (χ0n) is 19.3. The fraction of sp³-hybridized carbons (Fsp3) is 0.571. The maximum atomic E-state index is 6.19. The van der Waals surface area contributed by atoms with Crippen LogP contribution in [0.3, 0.4) is 0 Å². The monoisotopic (exact) mass is 432 g/mol. The number of nitrogens with two attached hydrogens (primary N) is 4. The molecule has 6 aliphatic rings. The third-order valence-electron chi connectivity index (χ3n) is 9.17. The Morgan fingerprint density at radius 3 is 1.19 bits per heavy atom. The second-order valence-corrected chi connectivity index (χ2v) is 11.0. The molecule has 8 N–H and O–H groups in total. The first kappa shape index (κ1) is 21.5. The molecule has 2 unspecified atom stereocenters. The van der Waals surface area contributed by atoms with E-state index in [1.807, 2.05) is 12.1 Å². The molecule has 0 aromatic heterocycles. The van der Waals surface area contributed by atoms with Gasteiger partial charge in [-0.3, -0.25) is 0 Å². The Bertz CT molecular complexity index is 877. The molecule has 0 radical (unpaired) electrons. The maximum absolute atomic E-state index is 6.19. The Labute approximate surface area is 193 Å².